The van der Waals surface area contributed by atoms with Gasteiger partial charge in [0.1, 0.15) is 0 Å². The fourth-order valence-electron chi connectivity index (χ4n) is 2.00. The molecule has 1 nitrogen and oxygen atoms in total. The molecule has 0 aromatic heterocycles. The van der Waals surface area contributed by atoms with Gasteiger partial charge in [0.2, 0.25) is 0 Å². The zero-order valence-corrected chi connectivity index (χ0v) is 15.2. The topological polar surface area (TPSA) is 17.1 Å². The van der Waals surface area contributed by atoms with Crippen LogP contribution in [0.25, 0.3) is 11.1 Å². The van der Waals surface area contributed by atoms with Gasteiger partial charge in [-0.2, -0.15) is 29.8 Å². The maximum absolute atomic E-state index is 9.83. The van der Waals surface area contributed by atoms with Crippen molar-refractivity contribution in [2.75, 3.05) is 0 Å². The van der Waals surface area contributed by atoms with Crippen molar-refractivity contribution in [1.82, 2.24) is 0 Å². The van der Waals surface area contributed by atoms with Crippen LogP contribution < -0.4 is 0 Å². The molecule has 18 heavy (non-hydrogen) atoms. The van der Waals surface area contributed by atoms with Crippen molar-refractivity contribution < 1.29 is 21.2 Å². The zero-order valence-electron chi connectivity index (χ0n) is 10.7. The van der Waals surface area contributed by atoms with Crippen LogP contribution in [0.15, 0.2) is 42.5 Å². The van der Waals surface area contributed by atoms with Gasteiger partial charge in [0.05, 0.1) is 0 Å². The van der Waals surface area contributed by atoms with Crippen molar-refractivity contribution >= 4 is 15.5 Å². The first-order valence-electron chi connectivity index (χ1n) is 5.98. The van der Waals surface area contributed by atoms with E-state index in [0.717, 1.165) is 6.42 Å². The molecule has 0 fully saturated rings. The molecule has 1 aliphatic carbocycles. The van der Waals surface area contributed by atoms with E-state index in [4.69, 9.17) is 0 Å². The Morgan fingerprint density at radius 1 is 1.22 bits per heavy atom. The standard InChI is InChI=1S/C13H9.CH6Si2.O.Ti/c1-3-7-12-10(5-1)9-11-6-2-4-8-13(11)12;1-3-2;;/h1-5,7-8H,9H2;1-2H3;;/q-1;;;. The molecule has 2 aromatic rings. The Balaban J connectivity index is 0.000000209. The van der Waals surface area contributed by atoms with Gasteiger partial charge in [0, 0.05) is 0 Å². The normalized spacial score (nSPS) is 10.7. The Hall–Kier alpha value is -0.612. The first kappa shape index (κ1) is 13.8. The van der Waals surface area contributed by atoms with Crippen molar-refractivity contribution in [3.63, 3.8) is 0 Å². The molecular formula is C14H15OSi2Ti-. The van der Waals surface area contributed by atoms with Gasteiger partial charge in [-0.25, -0.2) is 0 Å². The third-order valence-electron chi connectivity index (χ3n) is 2.82. The summed E-state index contributed by atoms with van der Waals surface area (Å²) in [6.45, 7) is 2.13. The molecule has 0 atom stereocenters. The summed E-state index contributed by atoms with van der Waals surface area (Å²) in [5.41, 5.74) is 5.34. The summed E-state index contributed by atoms with van der Waals surface area (Å²) < 4.78 is 9.83. The van der Waals surface area contributed by atoms with Gasteiger partial charge in [0.25, 0.3) is 0 Å². The van der Waals surface area contributed by atoms with E-state index >= 15 is 0 Å². The van der Waals surface area contributed by atoms with Crippen LogP contribution in [-0.4, -0.2) is 15.5 Å². The number of hydrogen-bond acceptors (Lipinski definition) is 1. The second kappa shape index (κ2) is 6.52. The van der Waals surface area contributed by atoms with E-state index in [2.05, 4.69) is 49.0 Å². The molecule has 0 saturated carbocycles. The third-order valence-corrected chi connectivity index (χ3v) is 7.67. The van der Waals surface area contributed by atoms with E-state index in [0.29, 0.717) is 0 Å². The van der Waals surface area contributed by atoms with Crippen molar-refractivity contribution in [2.45, 2.75) is 13.0 Å². The quantitative estimate of drug-likeness (QED) is 0.458. The Kier molecular flexibility index (Phi) is 5.01. The van der Waals surface area contributed by atoms with Crippen LogP contribution in [0.5, 0.6) is 0 Å². The summed E-state index contributed by atoms with van der Waals surface area (Å²) in [6.07, 6.45) is 1.05. The van der Waals surface area contributed by atoms with Crippen LogP contribution in [0.2, 0.25) is 6.55 Å². The molecular weight excluding hydrogens is 288 g/mol. The van der Waals surface area contributed by atoms with Crippen molar-refractivity contribution in [3.05, 3.63) is 59.7 Å². The van der Waals surface area contributed by atoms with Gasteiger partial charge < -0.3 is 0 Å². The molecule has 0 N–H and O–H groups in total. The molecule has 0 radical (unpaired) electrons. The Morgan fingerprint density at radius 2 is 1.89 bits per heavy atom. The van der Waals surface area contributed by atoms with Gasteiger partial charge in [0.15, 0.2) is 0 Å². The molecule has 90 valence electrons. The van der Waals surface area contributed by atoms with E-state index in [-0.39, 0.29) is 5.70 Å². The molecule has 0 bridgehead atoms. The number of benzene rings is 2. The fraction of sp³-hybridized carbons (Fsp3) is 0.143. The summed E-state index contributed by atoms with van der Waals surface area (Å²) in [4.78, 5) is 0. The van der Waals surface area contributed by atoms with E-state index in [9.17, 15) is 3.32 Å². The van der Waals surface area contributed by atoms with E-state index < -0.39 is 17.9 Å². The van der Waals surface area contributed by atoms with Crippen LogP contribution in [-0.2, 0) is 27.6 Å². The average molecular weight is 303 g/mol. The first-order valence-corrected chi connectivity index (χ1v) is 14.5. The molecule has 0 heterocycles. The molecule has 2 aromatic carbocycles. The van der Waals surface area contributed by atoms with Crippen LogP contribution >= 0.6 is 0 Å². The maximum atomic E-state index is 9.83. The molecule has 0 unspecified atom stereocenters. The molecule has 1 aliphatic rings. The molecule has 4 heteroatoms. The Bertz CT molecular complexity index is 571. The average Bonchev–Trinajstić information content (AvgIpc) is 2.78. The number of rotatable bonds is 0. The summed E-state index contributed by atoms with van der Waals surface area (Å²) in [6, 6.07) is 18.1. The van der Waals surface area contributed by atoms with Crippen LogP contribution in [0, 0.1) is 6.07 Å². The summed E-state index contributed by atoms with van der Waals surface area (Å²) in [7, 11) is 1.21. The van der Waals surface area contributed by atoms with Gasteiger partial charge in [-0.05, 0) is 6.42 Å². The largest absolute Gasteiger partial charge is 0.179 e. The van der Waals surface area contributed by atoms with E-state index in [1.54, 1.807) is 0 Å². The van der Waals surface area contributed by atoms with Crippen LogP contribution in [0.4, 0.5) is 0 Å². The van der Waals surface area contributed by atoms with Gasteiger partial charge in [-0.1, -0.05) is 35.4 Å². The van der Waals surface area contributed by atoms with E-state index in [1.165, 1.54) is 32.0 Å². The molecule has 0 spiro atoms. The number of fused-ring (bicyclic) bond motifs is 3. The first-order chi connectivity index (χ1) is 8.72. The summed E-state index contributed by atoms with van der Waals surface area (Å²) in [5.74, 6) is 0. The Morgan fingerprint density at radius 3 is 2.61 bits per heavy atom. The second-order valence-electron chi connectivity index (χ2n) is 4.50. The smallest absolute Gasteiger partial charge is 0.0253 e. The van der Waals surface area contributed by atoms with Gasteiger partial charge in [-0.3, -0.25) is 0 Å². The fourth-order valence-corrected chi connectivity index (χ4v) is 2.00. The zero-order chi connectivity index (χ0) is 13.0. The SMILES string of the molecule is C[Si]([SiH3])=[Ti]=[O].[c-]1cccc2c1Cc1ccccc1-2. The minimum atomic E-state index is -0.642. The minimum absolute atomic E-state index is 0.166. The van der Waals surface area contributed by atoms with Gasteiger partial charge in [-0.15, -0.1) is 5.56 Å². The predicted octanol–water partition coefficient (Wildman–Crippen LogP) is 1.96. The summed E-state index contributed by atoms with van der Waals surface area (Å²) >= 11 is -0.642. The molecule has 3 rings (SSSR count). The molecule has 0 saturated heterocycles. The van der Waals surface area contributed by atoms with Crippen LogP contribution in [0.3, 0.4) is 0 Å². The van der Waals surface area contributed by atoms with Gasteiger partial charge >= 0.3 is 43.2 Å². The second-order valence-corrected chi connectivity index (χ2v) is 21.5. The molecule has 0 amide bonds. The van der Waals surface area contributed by atoms with Crippen LogP contribution in [0.1, 0.15) is 11.1 Å². The van der Waals surface area contributed by atoms with E-state index in [1.807, 2.05) is 6.07 Å². The molecule has 0 aliphatic heterocycles. The number of hydrogen-bond donors (Lipinski definition) is 0. The predicted molar refractivity (Wildman–Crippen MR) is 75.8 cm³/mol. The maximum Gasteiger partial charge on any atom is -0.0253 e. The summed E-state index contributed by atoms with van der Waals surface area (Å²) in [5, 5.41) is 0. The van der Waals surface area contributed by atoms with Crippen molar-refractivity contribution in [1.29, 1.82) is 0 Å². The Labute approximate surface area is 120 Å². The van der Waals surface area contributed by atoms with Crippen molar-refractivity contribution in [2.24, 2.45) is 0 Å². The third kappa shape index (κ3) is 3.23. The minimum Gasteiger partial charge on any atom is -0.179 e. The monoisotopic (exact) mass is 303 g/mol. The van der Waals surface area contributed by atoms with Crippen molar-refractivity contribution in [3.8, 4) is 11.1 Å².